The maximum atomic E-state index is 13.9. The van der Waals surface area contributed by atoms with E-state index in [0.717, 1.165) is 0 Å². The molecule has 9 nitrogen and oxygen atoms in total. The van der Waals surface area contributed by atoms with Gasteiger partial charge in [-0.1, -0.05) is 25.4 Å². The third-order valence-electron chi connectivity index (χ3n) is 6.13. The number of imide groups is 1. The highest BCUT2D eigenvalue weighted by molar-refractivity contribution is 6.30. The van der Waals surface area contributed by atoms with Gasteiger partial charge in [-0.3, -0.25) is 14.9 Å². The van der Waals surface area contributed by atoms with Crippen LogP contribution in [-0.2, 0) is 4.79 Å². The van der Waals surface area contributed by atoms with Crippen LogP contribution in [0, 0.1) is 17.1 Å². The van der Waals surface area contributed by atoms with Crippen molar-refractivity contribution in [1.29, 1.82) is 5.41 Å². The average Bonchev–Trinajstić information content (AvgIpc) is 3.08. The minimum Gasteiger partial charge on any atom is -0.354 e. The van der Waals surface area contributed by atoms with E-state index in [2.05, 4.69) is 20.9 Å². The highest BCUT2D eigenvalue weighted by Crippen LogP contribution is 2.28. The Hall–Kier alpha value is -3.53. The number of benzene rings is 1. The molecule has 0 bridgehead atoms. The lowest BCUT2D eigenvalue weighted by Crippen LogP contribution is -2.55. The van der Waals surface area contributed by atoms with Crippen LogP contribution in [-0.4, -0.2) is 52.1 Å². The lowest BCUT2D eigenvalue weighted by molar-refractivity contribution is -0.125. The van der Waals surface area contributed by atoms with Crippen LogP contribution in [0.2, 0.25) is 5.02 Å². The quantitative estimate of drug-likeness (QED) is 0.354. The number of nitrogens with zero attached hydrogens (tertiary/aromatic N) is 2. The summed E-state index contributed by atoms with van der Waals surface area (Å²) in [6, 6.07) is 6.97. The smallest absolute Gasteiger partial charge is 0.322 e. The Morgan fingerprint density at radius 2 is 1.97 bits per heavy atom. The highest BCUT2D eigenvalue weighted by Gasteiger charge is 2.48. The first kappa shape index (κ1) is 24.6. The second-order valence-electron chi connectivity index (χ2n) is 9.21. The summed E-state index contributed by atoms with van der Waals surface area (Å²) in [5.74, 6) is -1.08. The molecule has 184 valence electrons. The minimum absolute atomic E-state index is 0.000330. The molecule has 0 atom stereocenters. The van der Waals surface area contributed by atoms with Gasteiger partial charge in [0.2, 0.25) is 0 Å². The van der Waals surface area contributed by atoms with Gasteiger partial charge in [0.15, 0.2) is 0 Å². The molecular formula is C24H26ClFN6O3. The topological polar surface area (TPSA) is 127 Å². The molecule has 0 aliphatic carbocycles. The van der Waals surface area contributed by atoms with Gasteiger partial charge in [-0.15, -0.1) is 0 Å². The molecule has 0 saturated carbocycles. The van der Waals surface area contributed by atoms with E-state index in [9.17, 15) is 18.8 Å². The number of nitrogens with one attached hydrogen (secondary N) is 4. The second kappa shape index (κ2) is 9.61. The maximum Gasteiger partial charge on any atom is 0.322 e. The van der Waals surface area contributed by atoms with E-state index in [1.54, 1.807) is 23.1 Å². The summed E-state index contributed by atoms with van der Waals surface area (Å²) < 4.78 is 13.9. The van der Waals surface area contributed by atoms with Gasteiger partial charge in [0.25, 0.3) is 11.8 Å². The van der Waals surface area contributed by atoms with Crippen molar-refractivity contribution in [3.63, 3.8) is 0 Å². The third kappa shape index (κ3) is 5.12. The number of rotatable bonds is 6. The van der Waals surface area contributed by atoms with Crippen molar-refractivity contribution in [2.24, 2.45) is 5.92 Å². The van der Waals surface area contributed by atoms with Gasteiger partial charge in [0, 0.05) is 18.8 Å². The summed E-state index contributed by atoms with van der Waals surface area (Å²) in [4.78, 5) is 43.0. The summed E-state index contributed by atoms with van der Waals surface area (Å²) in [5, 5.41) is 16.6. The number of likely N-dealkylation sites (tertiary alicyclic amines) is 1. The summed E-state index contributed by atoms with van der Waals surface area (Å²) in [6.07, 6.45) is 1.04. The number of pyridine rings is 1. The fourth-order valence-electron chi connectivity index (χ4n) is 4.28. The Bertz CT molecular complexity index is 1210. The number of carbonyl (C=O) groups is 3. The molecule has 1 aromatic heterocycles. The number of hydrogen-bond donors (Lipinski definition) is 4. The third-order valence-corrected chi connectivity index (χ3v) is 6.44. The van der Waals surface area contributed by atoms with Crippen molar-refractivity contribution in [3.05, 3.63) is 52.6 Å². The van der Waals surface area contributed by atoms with Crippen molar-refractivity contribution in [2.45, 2.75) is 38.6 Å². The molecule has 1 aromatic carbocycles. The molecule has 2 aromatic rings. The van der Waals surface area contributed by atoms with Gasteiger partial charge >= 0.3 is 6.03 Å². The number of carbonyl (C=O) groups excluding carboxylic acids is 3. The minimum atomic E-state index is -0.979. The molecule has 0 unspecified atom stereocenters. The first-order valence-corrected chi connectivity index (χ1v) is 11.7. The number of amides is 4. The molecule has 4 N–H and O–H groups in total. The van der Waals surface area contributed by atoms with Crippen molar-refractivity contribution < 1.29 is 18.8 Å². The van der Waals surface area contributed by atoms with Crippen LogP contribution >= 0.6 is 11.6 Å². The fraction of sp³-hybridized carbons (Fsp3) is 0.375. The van der Waals surface area contributed by atoms with Gasteiger partial charge in [-0.2, -0.15) is 0 Å². The highest BCUT2D eigenvalue weighted by atomic mass is 35.5. The van der Waals surface area contributed by atoms with Crippen LogP contribution < -0.4 is 16.0 Å². The maximum absolute atomic E-state index is 13.9. The van der Waals surface area contributed by atoms with Crippen LogP contribution in [0.15, 0.2) is 30.3 Å². The molecule has 2 aliphatic rings. The molecule has 11 heteroatoms. The van der Waals surface area contributed by atoms with Crippen molar-refractivity contribution >= 4 is 46.5 Å². The van der Waals surface area contributed by atoms with Crippen LogP contribution in [0.1, 0.15) is 49.3 Å². The van der Waals surface area contributed by atoms with E-state index in [1.807, 2.05) is 13.8 Å². The Morgan fingerprint density at radius 3 is 2.57 bits per heavy atom. The van der Waals surface area contributed by atoms with E-state index < -0.39 is 17.4 Å². The van der Waals surface area contributed by atoms with Crippen LogP contribution in [0.25, 0.3) is 0 Å². The van der Waals surface area contributed by atoms with E-state index in [-0.39, 0.29) is 47.3 Å². The molecule has 1 spiro atoms. The number of hydrogen-bond acceptors (Lipinski definition) is 6. The molecule has 4 rings (SSSR count). The Balaban J connectivity index is 1.56. The number of aromatic nitrogens is 1. The van der Waals surface area contributed by atoms with Crippen LogP contribution in [0.4, 0.5) is 20.6 Å². The molecule has 2 aliphatic heterocycles. The predicted molar refractivity (Wildman–Crippen MR) is 130 cm³/mol. The lowest BCUT2D eigenvalue weighted by atomic mass is 9.87. The predicted octanol–water partition coefficient (Wildman–Crippen LogP) is 3.85. The Kier molecular flexibility index (Phi) is 6.75. The monoisotopic (exact) mass is 500 g/mol. The average molecular weight is 501 g/mol. The number of urea groups is 1. The molecule has 2 fully saturated rings. The van der Waals surface area contributed by atoms with Crippen molar-refractivity contribution in [1.82, 2.24) is 20.5 Å². The van der Waals surface area contributed by atoms with E-state index in [1.165, 1.54) is 12.1 Å². The van der Waals surface area contributed by atoms with Gasteiger partial charge in [0.1, 0.15) is 22.7 Å². The largest absolute Gasteiger partial charge is 0.354 e. The number of halogens is 2. The van der Waals surface area contributed by atoms with E-state index in [0.29, 0.717) is 36.3 Å². The normalized spacial score (nSPS) is 16.9. The molecule has 35 heavy (non-hydrogen) atoms. The Labute approximate surface area is 206 Å². The standard InChI is InChI=1S/C24H26ClFN6O3/c1-13(2)11-17(27)20-18(28-14-3-4-15(25)16(26)12-14)5-6-19(29-20)21(33)32-9-7-24(8-10-32)22(34)30-23(35)31-24/h3-6,12-13,27-28H,7-11H2,1-2H3,(H2,30,31,34,35). The van der Waals surface area contributed by atoms with Crippen LogP contribution in [0.3, 0.4) is 0 Å². The number of anilines is 2. The summed E-state index contributed by atoms with van der Waals surface area (Å²) in [5.41, 5.74) is 0.636. The van der Waals surface area contributed by atoms with Gasteiger partial charge in [-0.25, -0.2) is 14.2 Å². The molecule has 0 radical (unpaired) electrons. The van der Waals surface area contributed by atoms with Crippen molar-refractivity contribution in [2.75, 3.05) is 18.4 Å². The van der Waals surface area contributed by atoms with Crippen molar-refractivity contribution in [3.8, 4) is 0 Å². The van der Waals surface area contributed by atoms with Gasteiger partial charge in [0.05, 0.1) is 16.4 Å². The molecule has 4 amide bonds. The molecule has 3 heterocycles. The fourth-order valence-corrected chi connectivity index (χ4v) is 4.39. The molecule has 2 saturated heterocycles. The van der Waals surface area contributed by atoms with E-state index >= 15 is 0 Å². The first-order chi connectivity index (χ1) is 16.6. The molecular weight excluding hydrogens is 475 g/mol. The second-order valence-corrected chi connectivity index (χ2v) is 9.61. The summed E-state index contributed by atoms with van der Waals surface area (Å²) in [6.45, 7) is 4.51. The van der Waals surface area contributed by atoms with E-state index in [4.69, 9.17) is 17.0 Å². The first-order valence-electron chi connectivity index (χ1n) is 11.3. The lowest BCUT2D eigenvalue weighted by Gasteiger charge is -2.36. The number of piperidine rings is 1. The summed E-state index contributed by atoms with van der Waals surface area (Å²) in [7, 11) is 0. The zero-order chi connectivity index (χ0) is 25.3. The zero-order valence-electron chi connectivity index (χ0n) is 19.4. The van der Waals surface area contributed by atoms with Gasteiger partial charge in [-0.05, 0) is 55.5 Å². The summed E-state index contributed by atoms with van der Waals surface area (Å²) >= 11 is 5.77. The Morgan fingerprint density at radius 1 is 1.26 bits per heavy atom. The SMILES string of the molecule is CC(C)CC(=N)c1nc(C(=O)N2CCC3(CC2)NC(=O)NC3=O)ccc1Nc1ccc(Cl)c(F)c1. The van der Waals surface area contributed by atoms with Crippen LogP contribution in [0.5, 0.6) is 0 Å². The zero-order valence-corrected chi connectivity index (χ0v) is 20.1. The van der Waals surface area contributed by atoms with Gasteiger partial charge < -0.3 is 20.9 Å².